The second kappa shape index (κ2) is 7.29. The van der Waals surface area contributed by atoms with Gasteiger partial charge >= 0.3 is 0 Å². The molecule has 0 aliphatic heterocycles. The highest BCUT2D eigenvalue weighted by Gasteiger charge is 2.35. The molecule has 3 amide bonds. The first-order chi connectivity index (χ1) is 13.4. The van der Waals surface area contributed by atoms with Gasteiger partial charge in [-0.25, -0.2) is 0 Å². The van der Waals surface area contributed by atoms with Crippen LogP contribution in [0.5, 0.6) is 0 Å². The predicted molar refractivity (Wildman–Crippen MR) is 107 cm³/mol. The third-order valence-electron chi connectivity index (χ3n) is 4.72. The lowest BCUT2D eigenvalue weighted by atomic mass is 10.1. The molecule has 0 radical (unpaired) electrons. The molecule has 1 aromatic carbocycles. The Morgan fingerprint density at radius 1 is 1.21 bits per heavy atom. The fraction of sp³-hybridized carbons (Fsp3) is 0.211. The molecule has 9 heteroatoms. The Morgan fingerprint density at radius 2 is 2.00 bits per heavy atom. The second-order valence-corrected chi connectivity index (χ2v) is 8.37. The smallest absolute Gasteiger partial charge is 0.268 e. The first kappa shape index (κ1) is 18.5. The molecule has 2 aromatic heterocycles. The number of thiophene rings is 1. The number of benzene rings is 1. The number of hydrogen-bond donors (Lipinski definition) is 4. The van der Waals surface area contributed by atoms with Gasteiger partial charge in [-0.05, 0) is 29.7 Å². The van der Waals surface area contributed by atoms with E-state index in [0.29, 0.717) is 16.5 Å². The fourth-order valence-electron chi connectivity index (χ4n) is 3.55. The van der Waals surface area contributed by atoms with Gasteiger partial charge in [0.05, 0.1) is 16.4 Å². The maximum Gasteiger partial charge on any atom is 0.268 e. The number of nitrogens with two attached hydrogens (primary N) is 1. The SMILES string of the molecule is NC(=O)CC(=O)N[C@@H]1c2ccccc2C[C@H]1NC(=O)c1cc2cc(Cl)sc2[nH]1. The molecule has 2 heterocycles. The zero-order valence-corrected chi connectivity index (χ0v) is 16.2. The lowest BCUT2D eigenvalue weighted by Gasteiger charge is -2.22. The minimum atomic E-state index is -0.700. The van der Waals surface area contributed by atoms with Gasteiger partial charge in [-0.15, -0.1) is 11.3 Å². The van der Waals surface area contributed by atoms with E-state index in [4.69, 9.17) is 17.3 Å². The highest BCUT2D eigenvalue weighted by atomic mass is 35.5. The number of fused-ring (bicyclic) bond motifs is 2. The number of H-pyrrole nitrogens is 1. The van der Waals surface area contributed by atoms with E-state index in [-0.39, 0.29) is 11.9 Å². The van der Waals surface area contributed by atoms with Gasteiger partial charge < -0.3 is 21.4 Å². The van der Waals surface area contributed by atoms with Crippen molar-refractivity contribution >= 4 is 50.9 Å². The van der Waals surface area contributed by atoms with Crippen molar-refractivity contribution in [1.82, 2.24) is 15.6 Å². The average molecular weight is 417 g/mol. The molecule has 1 aliphatic carbocycles. The third kappa shape index (κ3) is 3.61. The predicted octanol–water partition coefficient (Wildman–Crippen LogP) is 2.27. The van der Waals surface area contributed by atoms with E-state index < -0.39 is 24.3 Å². The summed E-state index contributed by atoms with van der Waals surface area (Å²) in [6, 6.07) is 10.4. The maximum atomic E-state index is 12.8. The van der Waals surface area contributed by atoms with E-state index in [1.165, 1.54) is 11.3 Å². The Morgan fingerprint density at radius 3 is 2.75 bits per heavy atom. The van der Waals surface area contributed by atoms with Crippen LogP contribution in [0, 0.1) is 0 Å². The third-order valence-corrected chi connectivity index (χ3v) is 5.92. The van der Waals surface area contributed by atoms with E-state index in [2.05, 4.69) is 15.6 Å². The van der Waals surface area contributed by atoms with E-state index in [1.807, 2.05) is 24.3 Å². The summed E-state index contributed by atoms with van der Waals surface area (Å²) in [5, 5.41) is 6.69. The lowest BCUT2D eigenvalue weighted by molar-refractivity contribution is -0.128. The molecule has 2 atom stereocenters. The van der Waals surface area contributed by atoms with Gasteiger partial charge in [0.2, 0.25) is 11.8 Å². The van der Waals surface area contributed by atoms with Crippen molar-refractivity contribution in [2.75, 3.05) is 0 Å². The van der Waals surface area contributed by atoms with Crippen LogP contribution in [-0.4, -0.2) is 28.7 Å². The molecule has 1 aliphatic rings. The number of primary amides is 1. The van der Waals surface area contributed by atoms with Crippen molar-refractivity contribution in [2.24, 2.45) is 5.73 Å². The molecule has 0 unspecified atom stereocenters. The summed E-state index contributed by atoms with van der Waals surface area (Å²) in [7, 11) is 0. The normalized spacial score (nSPS) is 18.0. The molecule has 0 fully saturated rings. The van der Waals surface area contributed by atoms with Crippen molar-refractivity contribution in [3.8, 4) is 0 Å². The molecule has 144 valence electrons. The summed E-state index contributed by atoms with van der Waals surface area (Å²) >= 11 is 7.34. The number of amides is 3. The Hall–Kier alpha value is -2.84. The first-order valence-electron chi connectivity index (χ1n) is 8.65. The Kier molecular flexibility index (Phi) is 4.82. The van der Waals surface area contributed by atoms with Crippen LogP contribution < -0.4 is 16.4 Å². The van der Waals surface area contributed by atoms with Gasteiger partial charge in [0.25, 0.3) is 5.91 Å². The molecule has 5 N–H and O–H groups in total. The van der Waals surface area contributed by atoms with Gasteiger partial charge in [0, 0.05) is 5.39 Å². The Labute approximate surface area is 169 Å². The van der Waals surface area contributed by atoms with Gasteiger partial charge in [-0.3, -0.25) is 14.4 Å². The lowest BCUT2D eigenvalue weighted by Crippen LogP contribution is -2.45. The number of carbonyl (C=O) groups excluding carboxylic acids is 3. The van der Waals surface area contributed by atoms with Crippen LogP contribution in [0.4, 0.5) is 0 Å². The molecular weight excluding hydrogens is 400 g/mol. The van der Waals surface area contributed by atoms with Crippen LogP contribution in [-0.2, 0) is 16.0 Å². The average Bonchev–Trinajstić information content (AvgIpc) is 3.26. The Bertz CT molecular complexity index is 1060. The molecule has 0 saturated heterocycles. The molecule has 7 nitrogen and oxygen atoms in total. The summed E-state index contributed by atoms with van der Waals surface area (Å²) in [4.78, 5) is 39.8. The number of hydrogen-bond acceptors (Lipinski definition) is 4. The van der Waals surface area contributed by atoms with Gasteiger partial charge in [-0.2, -0.15) is 0 Å². The number of carbonyl (C=O) groups is 3. The standard InChI is InChI=1S/C19H17ClN4O3S/c20-14-7-10-6-13(23-19(10)28-14)18(27)22-12-5-9-3-1-2-4-11(9)17(12)24-16(26)8-15(21)25/h1-4,6-7,12,17,23H,5,8H2,(H2,21,25)(H,22,27)(H,24,26)/t12-,17-/m1/s1. The number of rotatable bonds is 5. The summed E-state index contributed by atoms with van der Waals surface area (Å²) in [6.45, 7) is 0. The van der Waals surface area contributed by atoms with Gasteiger partial charge in [-0.1, -0.05) is 35.9 Å². The van der Waals surface area contributed by atoms with E-state index in [0.717, 1.165) is 21.3 Å². The molecule has 4 rings (SSSR count). The van der Waals surface area contributed by atoms with Crippen molar-refractivity contribution in [3.05, 3.63) is 57.6 Å². The maximum absolute atomic E-state index is 12.8. The minimum Gasteiger partial charge on any atom is -0.369 e. The van der Waals surface area contributed by atoms with Crippen molar-refractivity contribution < 1.29 is 14.4 Å². The van der Waals surface area contributed by atoms with E-state index >= 15 is 0 Å². The summed E-state index contributed by atoms with van der Waals surface area (Å²) < 4.78 is 0.650. The van der Waals surface area contributed by atoms with E-state index in [9.17, 15) is 14.4 Å². The van der Waals surface area contributed by atoms with Crippen LogP contribution in [0.1, 0.15) is 34.1 Å². The van der Waals surface area contributed by atoms with Crippen LogP contribution in [0.2, 0.25) is 4.34 Å². The zero-order chi connectivity index (χ0) is 19.8. The largest absolute Gasteiger partial charge is 0.369 e. The number of nitrogens with one attached hydrogen (secondary N) is 3. The minimum absolute atomic E-state index is 0.272. The molecule has 28 heavy (non-hydrogen) atoms. The molecular formula is C19H17ClN4O3S. The number of aromatic amines is 1. The summed E-state index contributed by atoms with van der Waals surface area (Å²) in [6.07, 6.45) is 0.178. The Balaban J connectivity index is 1.54. The monoisotopic (exact) mass is 416 g/mol. The topological polar surface area (TPSA) is 117 Å². The highest BCUT2D eigenvalue weighted by Crippen LogP contribution is 2.32. The zero-order valence-electron chi connectivity index (χ0n) is 14.6. The summed E-state index contributed by atoms with van der Waals surface area (Å²) in [5.74, 6) is -1.44. The molecule has 3 aromatic rings. The highest BCUT2D eigenvalue weighted by molar-refractivity contribution is 7.22. The number of halogens is 1. The van der Waals surface area contributed by atoms with Crippen LogP contribution in [0.15, 0.2) is 36.4 Å². The van der Waals surface area contributed by atoms with Crippen LogP contribution >= 0.6 is 22.9 Å². The van der Waals surface area contributed by atoms with Gasteiger partial charge in [0.1, 0.15) is 16.9 Å². The molecule has 0 saturated carbocycles. The van der Waals surface area contributed by atoms with Crippen molar-refractivity contribution in [2.45, 2.75) is 24.9 Å². The molecule has 0 spiro atoms. The van der Waals surface area contributed by atoms with Crippen molar-refractivity contribution in [1.29, 1.82) is 0 Å². The fourth-order valence-corrected chi connectivity index (χ4v) is 4.68. The van der Waals surface area contributed by atoms with Crippen molar-refractivity contribution in [3.63, 3.8) is 0 Å². The van der Waals surface area contributed by atoms with Crippen LogP contribution in [0.25, 0.3) is 10.2 Å². The van der Waals surface area contributed by atoms with E-state index in [1.54, 1.807) is 12.1 Å². The quantitative estimate of drug-likeness (QED) is 0.478. The summed E-state index contributed by atoms with van der Waals surface area (Å²) in [5.41, 5.74) is 7.50. The first-order valence-corrected chi connectivity index (χ1v) is 9.84. The number of aromatic nitrogens is 1. The molecule has 0 bridgehead atoms. The van der Waals surface area contributed by atoms with Crippen LogP contribution in [0.3, 0.4) is 0 Å². The second-order valence-electron chi connectivity index (χ2n) is 6.69. The van der Waals surface area contributed by atoms with Gasteiger partial charge in [0.15, 0.2) is 0 Å².